The van der Waals surface area contributed by atoms with Gasteiger partial charge < -0.3 is 9.73 Å². The first-order valence-electron chi connectivity index (χ1n) is 8.10. The molecule has 1 amide bonds. The quantitative estimate of drug-likeness (QED) is 0.644. The van der Waals surface area contributed by atoms with Crippen molar-refractivity contribution in [3.8, 4) is 0 Å². The fourth-order valence-electron chi connectivity index (χ4n) is 2.56. The molecule has 0 aliphatic rings. The summed E-state index contributed by atoms with van der Waals surface area (Å²) in [5, 5.41) is 3.89. The molecule has 1 heterocycles. The predicted molar refractivity (Wildman–Crippen MR) is 99.1 cm³/mol. The van der Waals surface area contributed by atoms with Crippen LogP contribution >= 0.6 is 0 Å². The number of hydrogen-bond donors (Lipinski definition) is 1. The number of amides is 1. The summed E-state index contributed by atoms with van der Waals surface area (Å²) in [6.45, 7) is 6.33. The van der Waals surface area contributed by atoms with Crippen LogP contribution in [0.25, 0.3) is 17.0 Å². The van der Waals surface area contributed by atoms with E-state index < -0.39 is 0 Å². The minimum Gasteiger partial charge on any atom is -0.457 e. The first-order valence-corrected chi connectivity index (χ1v) is 8.10. The third kappa shape index (κ3) is 3.74. The van der Waals surface area contributed by atoms with Gasteiger partial charge in [0.15, 0.2) is 0 Å². The molecule has 0 aliphatic heterocycles. The van der Waals surface area contributed by atoms with E-state index in [9.17, 15) is 4.79 Å². The van der Waals surface area contributed by atoms with Crippen LogP contribution < -0.4 is 5.32 Å². The van der Waals surface area contributed by atoms with Crippen molar-refractivity contribution < 1.29 is 9.21 Å². The SMILES string of the molecule is Cc1ccc2oc(/C=C/C(=O)Nc3ccc(C(C)C)cc3)cc2c1. The Balaban J connectivity index is 1.67. The van der Waals surface area contributed by atoms with Gasteiger partial charge in [-0.2, -0.15) is 0 Å². The van der Waals surface area contributed by atoms with Crippen molar-refractivity contribution in [2.45, 2.75) is 26.7 Å². The van der Waals surface area contributed by atoms with Crippen molar-refractivity contribution in [1.82, 2.24) is 0 Å². The highest BCUT2D eigenvalue weighted by Crippen LogP contribution is 2.21. The van der Waals surface area contributed by atoms with Crippen LogP contribution in [-0.2, 0) is 4.79 Å². The topological polar surface area (TPSA) is 42.2 Å². The standard InChI is InChI=1S/C21H21NO2/c1-14(2)16-5-7-18(8-6-16)22-21(23)11-9-19-13-17-12-15(3)4-10-20(17)24-19/h4-14H,1-3H3,(H,22,23)/b11-9+. The first-order chi connectivity index (χ1) is 11.5. The number of aryl methyl sites for hydroxylation is 1. The normalized spacial score (nSPS) is 11.5. The molecule has 0 unspecified atom stereocenters. The Labute approximate surface area is 142 Å². The maximum absolute atomic E-state index is 12.0. The van der Waals surface area contributed by atoms with E-state index in [1.165, 1.54) is 17.2 Å². The summed E-state index contributed by atoms with van der Waals surface area (Å²) in [6.07, 6.45) is 3.17. The van der Waals surface area contributed by atoms with Gasteiger partial charge in [0.05, 0.1) is 0 Å². The van der Waals surface area contributed by atoms with Crippen molar-refractivity contribution in [2.24, 2.45) is 0 Å². The molecule has 0 aliphatic carbocycles. The summed E-state index contributed by atoms with van der Waals surface area (Å²) in [7, 11) is 0. The molecular formula is C21H21NO2. The molecule has 0 saturated heterocycles. The van der Waals surface area contributed by atoms with Gasteiger partial charge in [-0.15, -0.1) is 0 Å². The zero-order valence-corrected chi connectivity index (χ0v) is 14.2. The van der Waals surface area contributed by atoms with Crippen molar-refractivity contribution in [3.63, 3.8) is 0 Å². The Morgan fingerprint density at radius 2 is 1.83 bits per heavy atom. The Morgan fingerprint density at radius 1 is 1.08 bits per heavy atom. The predicted octanol–water partition coefficient (Wildman–Crippen LogP) is 5.52. The van der Waals surface area contributed by atoms with Crippen LogP contribution in [0.3, 0.4) is 0 Å². The minimum absolute atomic E-state index is 0.177. The maximum atomic E-state index is 12.0. The second-order valence-corrected chi connectivity index (χ2v) is 6.29. The first kappa shape index (κ1) is 16.1. The van der Waals surface area contributed by atoms with Crippen LogP contribution in [0.5, 0.6) is 0 Å². The highest BCUT2D eigenvalue weighted by atomic mass is 16.3. The van der Waals surface area contributed by atoms with E-state index in [1.54, 1.807) is 6.08 Å². The number of nitrogens with one attached hydrogen (secondary N) is 1. The molecular weight excluding hydrogens is 298 g/mol. The fourth-order valence-corrected chi connectivity index (χ4v) is 2.56. The zero-order valence-electron chi connectivity index (χ0n) is 14.2. The van der Waals surface area contributed by atoms with Crippen LogP contribution in [0.1, 0.15) is 36.7 Å². The monoisotopic (exact) mass is 319 g/mol. The Hall–Kier alpha value is -2.81. The van der Waals surface area contributed by atoms with Gasteiger partial charge in [0.2, 0.25) is 5.91 Å². The molecule has 0 radical (unpaired) electrons. The third-order valence-electron chi connectivity index (χ3n) is 3.93. The average molecular weight is 319 g/mol. The molecule has 2 aromatic carbocycles. The molecule has 3 heteroatoms. The van der Waals surface area contributed by atoms with Crippen molar-refractivity contribution in [3.05, 3.63) is 71.5 Å². The second kappa shape index (κ2) is 6.75. The van der Waals surface area contributed by atoms with Gasteiger partial charge in [-0.1, -0.05) is 37.6 Å². The highest BCUT2D eigenvalue weighted by molar-refractivity contribution is 6.02. The molecule has 0 spiro atoms. The average Bonchev–Trinajstić information content (AvgIpc) is 2.95. The maximum Gasteiger partial charge on any atom is 0.248 e. The van der Waals surface area contributed by atoms with Crippen LogP contribution in [0.15, 0.2) is 59.0 Å². The summed E-state index contributed by atoms with van der Waals surface area (Å²) >= 11 is 0. The van der Waals surface area contributed by atoms with Crippen LogP contribution in [0.2, 0.25) is 0 Å². The Morgan fingerprint density at radius 3 is 2.54 bits per heavy atom. The fraction of sp³-hybridized carbons (Fsp3) is 0.190. The summed E-state index contributed by atoms with van der Waals surface area (Å²) in [5.41, 5.74) is 4.04. The van der Waals surface area contributed by atoms with Gasteiger partial charge in [-0.05, 0) is 54.8 Å². The van der Waals surface area contributed by atoms with E-state index in [0.29, 0.717) is 11.7 Å². The molecule has 1 aromatic heterocycles. The number of fused-ring (bicyclic) bond motifs is 1. The number of anilines is 1. The third-order valence-corrected chi connectivity index (χ3v) is 3.93. The summed E-state index contributed by atoms with van der Waals surface area (Å²) < 4.78 is 5.70. The second-order valence-electron chi connectivity index (χ2n) is 6.29. The Bertz CT molecular complexity index is 886. The van der Waals surface area contributed by atoms with E-state index in [4.69, 9.17) is 4.42 Å². The Kier molecular flexibility index (Phi) is 4.52. The van der Waals surface area contributed by atoms with Crippen molar-refractivity contribution in [2.75, 3.05) is 5.32 Å². The number of hydrogen-bond acceptors (Lipinski definition) is 2. The molecule has 3 aromatic rings. The van der Waals surface area contributed by atoms with Gasteiger partial charge in [-0.3, -0.25) is 4.79 Å². The summed E-state index contributed by atoms with van der Waals surface area (Å²) in [4.78, 5) is 12.0. The smallest absolute Gasteiger partial charge is 0.248 e. The molecule has 24 heavy (non-hydrogen) atoms. The van der Waals surface area contributed by atoms with Gasteiger partial charge in [-0.25, -0.2) is 0 Å². The molecule has 122 valence electrons. The number of furan rings is 1. The number of carbonyl (C=O) groups excluding carboxylic acids is 1. The van der Waals surface area contributed by atoms with E-state index in [0.717, 1.165) is 16.7 Å². The highest BCUT2D eigenvalue weighted by Gasteiger charge is 2.03. The van der Waals surface area contributed by atoms with Crippen LogP contribution in [0.4, 0.5) is 5.69 Å². The molecule has 0 fully saturated rings. The number of carbonyl (C=O) groups is 1. The molecule has 0 saturated carbocycles. The summed E-state index contributed by atoms with van der Waals surface area (Å²) in [5.74, 6) is 0.969. The lowest BCUT2D eigenvalue weighted by Crippen LogP contribution is -2.07. The van der Waals surface area contributed by atoms with Gasteiger partial charge >= 0.3 is 0 Å². The van der Waals surface area contributed by atoms with Crippen molar-refractivity contribution >= 4 is 28.6 Å². The van der Waals surface area contributed by atoms with Gasteiger partial charge in [0.25, 0.3) is 0 Å². The van der Waals surface area contributed by atoms with E-state index in [2.05, 4.69) is 25.2 Å². The van der Waals surface area contributed by atoms with E-state index in [1.807, 2.05) is 49.4 Å². The van der Waals surface area contributed by atoms with E-state index in [-0.39, 0.29) is 5.91 Å². The molecule has 3 rings (SSSR count). The van der Waals surface area contributed by atoms with Gasteiger partial charge in [0, 0.05) is 17.1 Å². The lowest BCUT2D eigenvalue weighted by molar-refractivity contribution is -0.111. The minimum atomic E-state index is -0.177. The lowest BCUT2D eigenvalue weighted by atomic mass is 10.0. The largest absolute Gasteiger partial charge is 0.457 e. The van der Waals surface area contributed by atoms with Crippen LogP contribution in [-0.4, -0.2) is 5.91 Å². The summed E-state index contributed by atoms with van der Waals surface area (Å²) in [6, 6.07) is 15.9. The van der Waals surface area contributed by atoms with Crippen LogP contribution in [0, 0.1) is 6.92 Å². The van der Waals surface area contributed by atoms with Crippen molar-refractivity contribution in [1.29, 1.82) is 0 Å². The molecule has 1 N–H and O–H groups in total. The molecule has 3 nitrogen and oxygen atoms in total. The molecule has 0 atom stereocenters. The molecule has 0 bridgehead atoms. The number of rotatable bonds is 4. The number of benzene rings is 2. The van der Waals surface area contributed by atoms with Gasteiger partial charge in [0.1, 0.15) is 11.3 Å². The lowest BCUT2D eigenvalue weighted by Gasteiger charge is -2.07. The van der Waals surface area contributed by atoms with E-state index >= 15 is 0 Å². The zero-order chi connectivity index (χ0) is 17.1.